The first-order chi connectivity index (χ1) is 10.6. The minimum Gasteiger partial charge on any atom is -0.508 e. The van der Waals surface area contributed by atoms with E-state index in [2.05, 4.69) is 0 Å². The van der Waals surface area contributed by atoms with Crippen LogP contribution in [0.3, 0.4) is 0 Å². The van der Waals surface area contributed by atoms with E-state index in [1.807, 2.05) is 66.7 Å². The predicted molar refractivity (Wildman–Crippen MR) is 89.5 cm³/mol. The third-order valence-corrected chi connectivity index (χ3v) is 3.94. The number of hydrogen-bond donors (Lipinski definition) is 3. The second kappa shape index (κ2) is 5.54. The van der Waals surface area contributed by atoms with Crippen molar-refractivity contribution in [2.45, 2.75) is 5.54 Å². The molecule has 0 aromatic heterocycles. The zero-order valence-corrected chi connectivity index (χ0v) is 12.1. The number of anilines is 1. The lowest BCUT2D eigenvalue weighted by Crippen LogP contribution is -2.39. The zero-order chi connectivity index (χ0) is 15.6. The Morgan fingerprint density at radius 2 is 1.23 bits per heavy atom. The van der Waals surface area contributed by atoms with Crippen LogP contribution in [0, 0.1) is 0 Å². The highest BCUT2D eigenvalue weighted by Crippen LogP contribution is 2.37. The first-order valence-corrected chi connectivity index (χ1v) is 7.11. The van der Waals surface area contributed by atoms with Crippen LogP contribution in [-0.4, -0.2) is 5.11 Å². The molecule has 0 spiro atoms. The van der Waals surface area contributed by atoms with Gasteiger partial charge in [-0.3, -0.25) is 0 Å². The number of rotatable bonds is 3. The first-order valence-electron chi connectivity index (χ1n) is 7.11. The lowest BCUT2D eigenvalue weighted by atomic mass is 9.77. The van der Waals surface area contributed by atoms with Crippen molar-refractivity contribution in [1.29, 1.82) is 0 Å². The molecule has 0 bridgehead atoms. The number of para-hydroxylation sites is 1. The third kappa shape index (κ3) is 2.32. The normalized spacial score (nSPS) is 13.5. The van der Waals surface area contributed by atoms with Crippen LogP contribution in [0.25, 0.3) is 0 Å². The average Bonchev–Trinajstić information content (AvgIpc) is 2.56. The van der Waals surface area contributed by atoms with Gasteiger partial charge in [-0.2, -0.15) is 0 Å². The average molecular weight is 290 g/mol. The Bertz CT molecular complexity index is 769. The second-order valence-electron chi connectivity index (χ2n) is 5.31. The van der Waals surface area contributed by atoms with Gasteiger partial charge >= 0.3 is 0 Å². The van der Waals surface area contributed by atoms with E-state index in [1.165, 1.54) is 0 Å². The largest absolute Gasteiger partial charge is 0.508 e. The highest BCUT2D eigenvalue weighted by atomic mass is 16.3. The second-order valence-corrected chi connectivity index (χ2v) is 5.31. The third-order valence-electron chi connectivity index (χ3n) is 3.94. The number of phenolic OH excluding ortho intramolecular Hbond substituents is 1. The molecule has 0 amide bonds. The first kappa shape index (κ1) is 14.2. The molecular weight excluding hydrogens is 272 g/mol. The van der Waals surface area contributed by atoms with E-state index < -0.39 is 5.54 Å². The fraction of sp³-hybridized carbons (Fsp3) is 0.0526. The topological polar surface area (TPSA) is 72.3 Å². The van der Waals surface area contributed by atoms with Crippen molar-refractivity contribution < 1.29 is 5.11 Å². The van der Waals surface area contributed by atoms with Crippen molar-refractivity contribution >= 4 is 5.69 Å². The Kier molecular flexibility index (Phi) is 3.57. The van der Waals surface area contributed by atoms with E-state index in [0.29, 0.717) is 5.69 Å². The van der Waals surface area contributed by atoms with Gasteiger partial charge in [0.2, 0.25) is 0 Å². The number of hydrogen-bond acceptors (Lipinski definition) is 3. The SMILES string of the molecule is Nc1ccccc1C(N)(c1ccccc1)c1ccc(O)cc1. The summed E-state index contributed by atoms with van der Waals surface area (Å²) in [4.78, 5) is 0. The van der Waals surface area contributed by atoms with E-state index in [4.69, 9.17) is 11.5 Å². The van der Waals surface area contributed by atoms with Gasteiger partial charge in [-0.05, 0) is 29.3 Å². The summed E-state index contributed by atoms with van der Waals surface area (Å²) in [5, 5.41) is 9.55. The Balaban J connectivity index is 2.27. The molecule has 110 valence electrons. The maximum Gasteiger partial charge on any atom is 0.115 e. The molecule has 3 nitrogen and oxygen atoms in total. The molecule has 0 aliphatic heterocycles. The number of aromatic hydroxyl groups is 1. The minimum absolute atomic E-state index is 0.209. The van der Waals surface area contributed by atoms with Crippen molar-refractivity contribution in [3.8, 4) is 5.75 Å². The molecule has 3 aromatic rings. The van der Waals surface area contributed by atoms with Crippen LogP contribution in [0.5, 0.6) is 5.75 Å². The summed E-state index contributed by atoms with van der Waals surface area (Å²) in [7, 11) is 0. The molecule has 0 heterocycles. The Labute approximate surface area is 129 Å². The molecule has 0 radical (unpaired) electrons. The van der Waals surface area contributed by atoms with Crippen LogP contribution in [0.4, 0.5) is 5.69 Å². The van der Waals surface area contributed by atoms with Gasteiger partial charge in [-0.25, -0.2) is 0 Å². The standard InChI is InChI=1S/C19H18N2O/c20-18-9-5-4-8-17(18)19(21,14-6-2-1-3-7-14)15-10-12-16(22)13-11-15/h1-13,22H,20-21H2. The monoisotopic (exact) mass is 290 g/mol. The lowest BCUT2D eigenvalue weighted by molar-refractivity contribution is 0.474. The molecule has 0 saturated heterocycles. The van der Waals surface area contributed by atoms with Crippen molar-refractivity contribution in [2.24, 2.45) is 5.73 Å². The van der Waals surface area contributed by atoms with E-state index in [-0.39, 0.29) is 5.75 Å². The molecule has 0 aliphatic carbocycles. The van der Waals surface area contributed by atoms with E-state index in [1.54, 1.807) is 12.1 Å². The van der Waals surface area contributed by atoms with E-state index >= 15 is 0 Å². The van der Waals surface area contributed by atoms with Gasteiger partial charge in [0.25, 0.3) is 0 Å². The van der Waals surface area contributed by atoms with Gasteiger partial charge in [0.1, 0.15) is 5.75 Å². The highest BCUT2D eigenvalue weighted by Gasteiger charge is 2.33. The van der Waals surface area contributed by atoms with Crippen molar-refractivity contribution in [3.63, 3.8) is 0 Å². The summed E-state index contributed by atoms with van der Waals surface area (Å²) >= 11 is 0. The summed E-state index contributed by atoms with van der Waals surface area (Å²) in [6, 6.07) is 24.4. The summed E-state index contributed by atoms with van der Waals surface area (Å²) in [6.45, 7) is 0. The number of nitrogens with two attached hydrogens (primary N) is 2. The molecule has 3 rings (SSSR count). The van der Waals surface area contributed by atoms with Crippen LogP contribution in [0.2, 0.25) is 0 Å². The molecule has 0 fully saturated rings. The van der Waals surface area contributed by atoms with Crippen LogP contribution in [-0.2, 0) is 5.54 Å². The van der Waals surface area contributed by atoms with Crippen LogP contribution >= 0.6 is 0 Å². The highest BCUT2D eigenvalue weighted by molar-refractivity contribution is 5.59. The molecule has 3 heteroatoms. The van der Waals surface area contributed by atoms with Gasteiger partial charge in [-0.15, -0.1) is 0 Å². The van der Waals surface area contributed by atoms with E-state index in [9.17, 15) is 5.11 Å². The quantitative estimate of drug-likeness (QED) is 0.512. The van der Waals surface area contributed by atoms with Crippen molar-refractivity contribution in [1.82, 2.24) is 0 Å². The van der Waals surface area contributed by atoms with Crippen LogP contribution in [0.1, 0.15) is 16.7 Å². The molecular formula is C19H18N2O. The van der Waals surface area contributed by atoms with Crippen LogP contribution in [0.15, 0.2) is 78.9 Å². The molecule has 22 heavy (non-hydrogen) atoms. The minimum atomic E-state index is -0.875. The fourth-order valence-electron chi connectivity index (χ4n) is 2.76. The molecule has 5 N–H and O–H groups in total. The fourth-order valence-corrected chi connectivity index (χ4v) is 2.76. The van der Waals surface area contributed by atoms with Gasteiger partial charge in [-0.1, -0.05) is 60.7 Å². The Morgan fingerprint density at radius 1 is 0.682 bits per heavy atom. The molecule has 1 atom stereocenters. The smallest absolute Gasteiger partial charge is 0.115 e. The lowest BCUT2D eigenvalue weighted by Gasteiger charge is -2.32. The number of phenols is 1. The molecule has 1 unspecified atom stereocenters. The molecule has 0 saturated carbocycles. The number of benzene rings is 3. The Morgan fingerprint density at radius 3 is 1.86 bits per heavy atom. The van der Waals surface area contributed by atoms with E-state index in [0.717, 1.165) is 16.7 Å². The summed E-state index contributed by atoms with van der Waals surface area (Å²) in [6.07, 6.45) is 0. The summed E-state index contributed by atoms with van der Waals surface area (Å²) in [5.74, 6) is 0.209. The van der Waals surface area contributed by atoms with Crippen molar-refractivity contribution in [2.75, 3.05) is 5.73 Å². The van der Waals surface area contributed by atoms with Gasteiger partial charge in [0.05, 0.1) is 5.54 Å². The van der Waals surface area contributed by atoms with Crippen molar-refractivity contribution in [3.05, 3.63) is 95.6 Å². The maximum atomic E-state index is 9.55. The summed E-state index contributed by atoms with van der Waals surface area (Å²) in [5.41, 5.74) is 15.5. The van der Waals surface area contributed by atoms with Crippen LogP contribution < -0.4 is 11.5 Å². The number of nitrogen functional groups attached to an aromatic ring is 1. The summed E-state index contributed by atoms with van der Waals surface area (Å²) < 4.78 is 0. The van der Waals surface area contributed by atoms with Gasteiger partial charge in [0.15, 0.2) is 0 Å². The molecule has 0 aliphatic rings. The zero-order valence-electron chi connectivity index (χ0n) is 12.1. The predicted octanol–water partition coefficient (Wildman–Crippen LogP) is 3.23. The Hall–Kier alpha value is -2.78. The molecule has 3 aromatic carbocycles. The van der Waals surface area contributed by atoms with Gasteiger partial charge in [0, 0.05) is 11.3 Å². The van der Waals surface area contributed by atoms with Gasteiger partial charge < -0.3 is 16.6 Å². The maximum absolute atomic E-state index is 9.55.